The first kappa shape index (κ1) is 20.9. The molecule has 0 atom stereocenters. The Kier molecular flexibility index (Phi) is 6.64. The van der Waals surface area contributed by atoms with Crippen LogP contribution in [0.3, 0.4) is 0 Å². The van der Waals surface area contributed by atoms with Crippen LogP contribution >= 0.6 is 0 Å². The Morgan fingerprint density at radius 1 is 0.933 bits per heavy atom. The number of para-hydroxylation sites is 1. The number of nitrogens with one attached hydrogen (secondary N) is 2. The molecule has 154 valence electrons. The quantitative estimate of drug-likeness (QED) is 0.607. The van der Waals surface area contributed by atoms with Gasteiger partial charge in [0.25, 0.3) is 11.8 Å². The molecule has 0 saturated carbocycles. The Morgan fingerprint density at radius 2 is 1.67 bits per heavy atom. The van der Waals surface area contributed by atoms with Gasteiger partial charge in [0.2, 0.25) is 0 Å². The summed E-state index contributed by atoms with van der Waals surface area (Å²) in [4.78, 5) is 24.6. The van der Waals surface area contributed by atoms with Crippen molar-refractivity contribution in [2.75, 3.05) is 24.4 Å². The first-order valence-corrected chi connectivity index (χ1v) is 9.19. The van der Waals surface area contributed by atoms with E-state index >= 15 is 0 Å². The number of carbonyl (C=O) groups is 2. The fourth-order valence-electron chi connectivity index (χ4n) is 2.71. The van der Waals surface area contributed by atoms with Crippen LogP contribution in [-0.2, 0) is 4.79 Å². The van der Waals surface area contributed by atoms with Gasteiger partial charge in [-0.1, -0.05) is 18.2 Å². The molecule has 3 aromatic carbocycles. The van der Waals surface area contributed by atoms with E-state index in [9.17, 15) is 14.0 Å². The number of hydrogen-bond acceptors (Lipinski definition) is 4. The van der Waals surface area contributed by atoms with Crippen molar-refractivity contribution in [3.05, 3.63) is 83.7 Å². The van der Waals surface area contributed by atoms with E-state index in [1.165, 1.54) is 31.4 Å². The van der Waals surface area contributed by atoms with Crippen LogP contribution < -0.4 is 20.1 Å². The number of anilines is 2. The van der Waals surface area contributed by atoms with E-state index in [2.05, 4.69) is 10.6 Å². The van der Waals surface area contributed by atoms with Crippen LogP contribution in [0.4, 0.5) is 15.8 Å². The number of aryl methyl sites for hydroxylation is 1. The molecule has 0 aliphatic carbocycles. The van der Waals surface area contributed by atoms with Gasteiger partial charge in [-0.2, -0.15) is 0 Å². The minimum Gasteiger partial charge on any atom is -0.493 e. The van der Waals surface area contributed by atoms with E-state index in [-0.39, 0.29) is 18.3 Å². The monoisotopic (exact) mass is 408 g/mol. The summed E-state index contributed by atoms with van der Waals surface area (Å²) >= 11 is 0. The van der Waals surface area contributed by atoms with Gasteiger partial charge < -0.3 is 20.1 Å². The van der Waals surface area contributed by atoms with Crippen molar-refractivity contribution in [3.63, 3.8) is 0 Å². The number of rotatable bonds is 7. The molecule has 7 heteroatoms. The second-order valence-corrected chi connectivity index (χ2v) is 6.48. The Hall–Kier alpha value is -3.87. The molecule has 0 saturated heterocycles. The van der Waals surface area contributed by atoms with Gasteiger partial charge in [0.15, 0.2) is 18.1 Å². The Labute approximate surface area is 173 Å². The van der Waals surface area contributed by atoms with E-state index in [1.807, 2.05) is 31.2 Å². The summed E-state index contributed by atoms with van der Waals surface area (Å²) in [6, 6.07) is 17.6. The number of amides is 2. The zero-order chi connectivity index (χ0) is 21.5. The molecule has 2 N–H and O–H groups in total. The van der Waals surface area contributed by atoms with Crippen LogP contribution in [0.1, 0.15) is 15.9 Å². The summed E-state index contributed by atoms with van der Waals surface area (Å²) in [5, 5.41) is 5.46. The molecule has 0 radical (unpaired) electrons. The molecule has 0 heterocycles. The third-order valence-corrected chi connectivity index (χ3v) is 4.31. The number of halogens is 1. The molecule has 0 unspecified atom stereocenters. The van der Waals surface area contributed by atoms with Gasteiger partial charge in [-0.15, -0.1) is 0 Å². The molecule has 0 bridgehead atoms. The second kappa shape index (κ2) is 9.56. The van der Waals surface area contributed by atoms with Crippen LogP contribution in [0, 0.1) is 12.7 Å². The molecule has 3 rings (SSSR count). The maximum absolute atomic E-state index is 12.9. The maximum Gasteiger partial charge on any atom is 0.262 e. The molecular formula is C23H21FN2O4. The van der Waals surface area contributed by atoms with E-state index < -0.39 is 5.91 Å². The van der Waals surface area contributed by atoms with Crippen molar-refractivity contribution in [2.24, 2.45) is 0 Å². The molecule has 0 aliphatic rings. The summed E-state index contributed by atoms with van der Waals surface area (Å²) in [6.07, 6.45) is 0. The lowest BCUT2D eigenvalue weighted by Gasteiger charge is -2.13. The summed E-state index contributed by atoms with van der Waals surface area (Å²) < 4.78 is 23.7. The maximum atomic E-state index is 12.9. The Bertz CT molecular complexity index is 1050. The highest BCUT2D eigenvalue weighted by Gasteiger charge is 2.13. The SMILES string of the molecule is COc1cc(C(=O)Nc2ccccc2C)ccc1OCC(=O)Nc1ccc(F)cc1. The highest BCUT2D eigenvalue weighted by molar-refractivity contribution is 6.05. The van der Waals surface area contributed by atoms with Gasteiger partial charge in [-0.05, 0) is 61.0 Å². The smallest absolute Gasteiger partial charge is 0.262 e. The van der Waals surface area contributed by atoms with Crippen LogP contribution in [-0.4, -0.2) is 25.5 Å². The van der Waals surface area contributed by atoms with Crippen LogP contribution in [0.2, 0.25) is 0 Å². The number of ether oxygens (including phenoxy) is 2. The summed E-state index contributed by atoms with van der Waals surface area (Å²) in [5.74, 6) is -0.449. The van der Waals surface area contributed by atoms with Crippen LogP contribution in [0.25, 0.3) is 0 Å². The average Bonchev–Trinajstić information content (AvgIpc) is 2.75. The zero-order valence-corrected chi connectivity index (χ0v) is 16.6. The number of benzene rings is 3. The van der Waals surface area contributed by atoms with Crippen molar-refractivity contribution >= 4 is 23.2 Å². The highest BCUT2D eigenvalue weighted by Crippen LogP contribution is 2.28. The first-order chi connectivity index (χ1) is 14.5. The number of hydrogen-bond donors (Lipinski definition) is 2. The Morgan fingerprint density at radius 3 is 2.37 bits per heavy atom. The molecule has 0 spiro atoms. The fraction of sp³-hybridized carbons (Fsp3) is 0.130. The minimum atomic E-state index is -0.412. The van der Waals surface area contributed by atoms with Crippen LogP contribution in [0.5, 0.6) is 11.5 Å². The average molecular weight is 408 g/mol. The van der Waals surface area contributed by atoms with Gasteiger partial charge >= 0.3 is 0 Å². The minimum absolute atomic E-state index is 0.275. The van der Waals surface area contributed by atoms with Gasteiger partial charge in [0, 0.05) is 16.9 Å². The third kappa shape index (κ3) is 5.35. The summed E-state index contributed by atoms with van der Waals surface area (Å²) in [7, 11) is 1.45. The zero-order valence-electron chi connectivity index (χ0n) is 16.6. The van der Waals surface area contributed by atoms with E-state index in [4.69, 9.17) is 9.47 Å². The summed E-state index contributed by atoms with van der Waals surface area (Å²) in [6.45, 7) is 1.63. The van der Waals surface area contributed by atoms with E-state index in [0.29, 0.717) is 22.7 Å². The highest BCUT2D eigenvalue weighted by atomic mass is 19.1. The van der Waals surface area contributed by atoms with Crippen molar-refractivity contribution in [3.8, 4) is 11.5 Å². The molecule has 0 fully saturated rings. The van der Waals surface area contributed by atoms with Crippen molar-refractivity contribution in [1.29, 1.82) is 0 Å². The second-order valence-electron chi connectivity index (χ2n) is 6.48. The van der Waals surface area contributed by atoms with Crippen molar-refractivity contribution < 1.29 is 23.5 Å². The van der Waals surface area contributed by atoms with E-state index in [0.717, 1.165) is 11.3 Å². The molecule has 6 nitrogen and oxygen atoms in total. The van der Waals surface area contributed by atoms with Gasteiger partial charge in [0.1, 0.15) is 5.82 Å². The molecule has 0 aliphatic heterocycles. The first-order valence-electron chi connectivity index (χ1n) is 9.19. The molecular weight excluding hydrogens is 387 g/mol. The lowest BCUT2D eigenvalue weighted by molar-refractivity contribution is -0.118. The van der Waals surface area contributed by atoms with Gasteiger partial charge in [-0.3, -0.25) is 9.59 Å². The third-order valence-electron chi connectivity index (χ3n) is 4.31. The van der Waals surface area contributed by atoms with E-state index in [1.54, 1.807) is 18.2 Å². The lowest BCUT2D eigenvalue weighted by atomic mass is 10.1. The molecule has 2 amide bonds. The Balaban J connectivity index is 1.63. The predicted octanol–water partition coefficient (Wildman–Crippen LogP) is 4.41. The number of carbonyl (C=O) groups excluding carboxylic acids is 2. The van der Waals surface area contributed by atoms with Crippen molar-refractivity contribution in [2.45, 2.75) is 6.92 Å². The predicted molar refractivity (Wildman–Crippen MR) is 113 cm³/mol. The summed E-state index contributed by atoms with van der Waals surface area (Å²) in [5.41, 5.74) is 2.52. The standard InChI is InChI=1S/C23H21FN2O4/c1-15-5-3-4-6-19(15)26-23(28)16-7-12-20(21(13-16)29-2)30-14-22(27)25-18-10-8-17(24)9-11-18/h3-13H,14H2,1-2H3,(H,25,27)(H,26,28). The largest absolute Gasteiger partial charge is 0.493 e. The lowest BCUT2D eigenvalue weighted by Crippen LogP contribution is -2.20. The van der Waals surface area contributed by atoms with Gasteiger partial charge in [-0.25, -0.2) is 4.39 Å². The van der Waals surface area contributed by atoms with Gasteiger partial charge in [0.05, 0.1) is 7.11 Å². The molecule has 30 heavy (non-hydrogen) atoms. The van der Waals surface area contributed by atoms with Crippen LogP contribution in [0.15, 0.2) is 66.7 Å². The fourth-order valence-corrected chi connectivity index (χ4v) is 2.71. The number of methoxy groups -OCH3 is 1. The molecule has 3 aromatic rings. The molecule has 0 aromatic heterocycles. The van der Waals surface area contributed by atoms with Crippen molar-refractivity contribution in [1.82, 2.24) is 0 Å². The topological polar surface area (TPSA) is 76.7 Å². The normalized spacial score (nSPS) is 10.2.